The lowest BCUT2D eigenvalue weighted by Crippen LogP contribution is -2.53. The predicted molar refractivity (Wildman–Crippen MR) is 77.7 cm³/mol. The molecule has 1 aliphatic rings. The van der Waals surface area contributed by atoms with E-state index in [1.54, 1.807) is 0 Å². The van der Waals surface area contributed by atoms with E-state index in [1.165, 1.54) is 18.6 Å². The highest BCUT2D eigenvalue weighted by Crippen LogP contribution is 2.14. The number of hydrogen-bond acceptors (Lipinski definition) is 2. The van der Waals surface area contributed by atoms with Crippen LogP contribution in [0.3, 0.4) is 0 Å². The molecule has 2 atom stereocenters. The second kappa shape index (κ2) is 7.14. The number of halogens is 2. The van der Waals surface area contributed by atoms with Crippen molar-refractivity contribution >= 4 is 0 Å². The summed E-state index contributed by atoms with van der Waals surface area (Å²) in [5.41, 5.74) is 0.737. The van der Waals surface area contributed by atoms with Gasteiger partial charge in [0.25, 0.3) is 0 Å². The first-order valence-corrected chi connectivity index (χ1v) is 7.49. The van der Waals surface area contributed by atoms with Gasteiger partial charge < -0.3 is 10.2 Å². The van der Waals surface area contributed by atoms with Gasteiger partial charge in [0, 0.05) is 38.3 Å². The van der Waals surface area contributed by atoms with Gasteiger partial charge in [-0.1, -0.05) is 20.3 Å². The number of benzene rings is 1. The summed E-state index contributed by atoms with van der Waals surface area (Å²) in [4.78, 5) is 2.39. The Kier molecular flexibility index (Phi) is 5.49. The lowest BCUT2D eigenvalue weighted by atomic mass is 9.97. The van der Waals surface area contributed by atoms with Crippen molar-refractivity contribution in [3.63, 3.8) is 0 Å². The normalized spacial score (nSPS) is 21.9. The van der Waals surface area contributed by atoms with E-state index in [0.717, 1.165) is 37.8 Å². The fourth-order valence-electron chi connectivity index (χ4n) is 2.75. The van der Waals surface area contributed by atoms with Crippen LogP contribution >= 0.6 is 0 Å². The van der Waals surface area contributed by atoms with Crippen molar-refractivity contribution in [3.8, 4) is 0 Å². The minimum atomic E-state index is -0.488. The number of hydrogen-bond donors (Lipinski definition) is 1. The van der Waals surface area contributed by atoms with Gasteiger partial charge in [0.05, 0.1) is 0 Å². The van der Waals surface area contributed by atoms with Crippen molar-refractivity contribution in [2.45, 2.75) is 32.7 Å². The van der Waals surface area contributed by atoms with Crippen LogP contribution in [0.5, 0.6) is 0 Å². The lowest BCUT2D eigenvalue weighted by molar-refractivity contribution is 0.170. The molecule has 1 fully saturated rings. The maximum absolute atomic E-state index is 13.1. The molecule has 1 N–H and O–H groups in total. The van der Waals surface area contributed by atoms with E-state index in [4.69, 9.17) is 0 Å². The molecule has 2 unspecified atom stereocenters. The summed E-state index contributed by atoms with van der Waals surface area (Å²) in [6, 6.07) is 4.31. The largest absolute Gasteiger partial charge is 0.311 e. The van der Waals surface area contributed by atoms with Gasteiger partial charge in [-0.25, -0.2) is 8.78 Å². The summed E-state index contributed by atoms with van der Waals surface area (Å²) in [6.07, 6.45) is 1.86. The molecular weight excluding hydrogens is 258 g/mol. The zero-order valence-corrected chi connectivity index (χ0v) is 12.3. The van der Waals surface area contributed by atoms with Gasteiger partial charge in [-0.15, -0.1) is 0 Å². The van der Waals surface area contributed by atoms with Crippen LogP contribution in [0.25, 0.3) is 0 Å². The monoisotopic (exact) mass is 282 g/mol. The Morgan fingerprint density at radius 2 is 2.00 bits per heavy atom. The van der Waals surface area contributed by atoms with Crippen LogP contribution in [-0.4, -0.2) is 37.1 Å². The Bertz CT molecular complexity index is 416. The van der Waals surface area contributed by atoms with Crippen LogP contribution in [-0.2, 0) is 6.42 Å². The quantitative estimate of drug-likeness (QED) is 0.893. The van der Waals surface area contributed by atoms with Crippen molar-refractivity contribution in [1.29, 1.82) is 0 Å². The molecule has 112 valence electrons. The Labute approximate surface area is 120 Å². The van der Waals surface area contributed by atoms with Gasteiger partial charge in [0.2, 0.25) is 0 Å². The van der Waals surface area contributed by atoms with Crippen molar-refractivity contribution in [3.05, 3.63) is 35.4 Å². The maximum Gasteiger partial charge on any atom is 0.126 e. The molecule has 0 amide bonds. The second-order valence-electron chi connectivity index (χ2n) is 5.77. The third kappa shape index (κ3) is 4.25. The van der Waals surface area contributed by atoms with E-state index in [2.05, 4.69) is 24.1 Å². The molecule has 2 nitrogen and oxygen atoms in total. The third-order valence-corrected chi connectivity index (χ3v) is 4.26. The predicted octanol–water partition coefficient (Wildman–Crippen LogP) is 2.83. The first kappa shape index (κ1) is 15.4. The van der Waals surface area contributed by atoms with Gasteiger partial charge >= 0.3 is 0 Å². The van der Waals surface area contributed by atoms with E-state index in [0.29, 0.717) is 18.4 Å². The first-order chi connectivity index (χ1) is 9.58. The fourth-order valence-corrected chi connectivity index (χ4v) is 2.75. The standard InChI is InChI=1S/C16H24F2N2/c1-3-12(2)16-11-20(7-5-19-16)6-4-13-8-14(17)10-15(18)9-13/h8-10,12,16,19H,3-7,11H2,1-2H3. The Balaban J connectivity index is 1.87. The molecule has 0 spiro atoms. The summed E-state index contributed by atoms with van der Waals surface area (Å²) < 4.78 is 26.3. The minimum Gasteiger partial charge on any atom is -0.311 e. The van der Waals surface area contributed by atoms with Crippen molar-refractivity contribution < 1.29 is 8.78 Å². The third-order valence-electron chi connectivity index (χ3n) is 4.26. The van der Waals surface area contributed by atoms with Crippen LogP contribution in [0.4, 0.5) is 8.78 Å². The average molecular weight is 282 g/mol. The number of nitrogens with zero attached hydrogens (tertiary/aromatic N) is 1. The zero-order valence-electron chi connectivity index (χ0n) is 12.3. The summed E-state index contributed by atoms with van der Waals surface area (Å²) in [7, 11) is 0. The number of rotatable bonds is 5. The molecule has 1 heterocycles. The molecule has 0 aliphatic carbocycles. The SMILES string of the molecule is CCC(C)C1CN(CCc2cc(F)cc(F)c2)CCN1. The Morgan fingerprint density at radius 1 is 1.30 bits per heavy atom. The Hall–Kier alpha value is -1.00. The average Bonchev–Trinajstić information content (AvgIpc) is 2.43. The fraction of sp³-hybridized carbons (Fsp3) is 0.625. The van der Waals surface area contributed by atoms with Gasteiger partial charge in [0.15, 0.2) is 0 Å². The number of nitrogens with one attached hydrogen (secondary N) is 1. The molecular formula is C16H24F2N2. The molecule has 2 rings (SSSR count). The first-order valence-electron chi connectivity index (χ1n) is 7.49. The molecule has 0 saturated carbocycles. The zero-order chi connectivity index (χ0) is 14.5. The van der Waals surface area contributed by atoms with Gasteiger partial charge in [-0.3, -0.25) is 0 Å². The molecule has 0 bridgehead atoms. The number of piperazine rings is 1. The van der Waals surface area contributed by atoms with Crippen LogP contribution in [0, 0.1) is 17.6 Å². The minimum absolute atomic E-state index is 0.488. The Morgan fingerprint density at radius 3 is 2.65 bits per heavy atom. The highest BCUT2D eigenvalue weighted by Gasteiger charge is 2.22. The van der Waals surface area contributed by atoms with Crippen molar-refractivity contribution in [2.75, 3.05) is 26.2 Å². The topological polar surface area (TPSA) is 15.3 Å². The van der Waals surface area contributed by atoms with E-state index in [-0.39, 0.29) is 0 Å². The van der Waals surface area contributed by atoms with E-state index >= 15 is 0 Å². The molecule has 0 aromatic heterocycles. The molecule has 1 aromatic rings. The van der Waals surface area contributed by atoms with E-state index in [1.807, 2.05) is 0 Å². The highest BCUT2D eigenvalue weighted by molar-refractivity contribution is 5.18. The molecule has 1 aliphatic heterocycles. The molecule has 1 saturated heterocycles. The summed E-state index contributed by atoms with van der Waals surface area (Å²) in [5.74, 6) is -0.319. The second-order valence-corrected chi connectivity index (χ2v) is 5.77. The summed E-state index contributed by atoms with van der Waals surface area (Å²) in [6.45, 7) is 8.35. The molecule has 1 aromatic carbocycles. The highest BCUT2D eigenvalue weighted by atomic mass is 19.1. The maximum atomic E-state index is 13.1. The van der Waals surface area contributed by atoms with Gasteiger partial charge in [0.1, 0.15) is 11.6 Å². The molecule has 0 radical (unpaired) electrons. The van der Waals surface area contributed by atoms with E-state index < -0.39 is 11.6 Å². The van der Waals surface area contributed by atoms with Crippen LogP contribution < -0.4 is 5.32 Å². The smallest absolute Gasteiger partial charge is 0.126 e. The van der Waals surface area contributed by atoms with Crippen molar-refractivity contribution in [2.24, 2.45) is 5.92 Å². The summed E-state index contributed by atoms with van der Waals surface area (Å²) in [5, 5.41) is 3.55. The summed E-state index contributed by atoms with van der Waals surface area (Å²) >= 11 is 0. The van der Waals surface area contributed by atoms with Crippen molar-refractivity contribution in [1.82, 2.24) is 10.2 Å². The van der Waals surface area contributed by atoms with Crippen LogP contribution in [0.2, 0.25) is 0 Å². The van der Waals surface area contributed by atoms with Crippen LogP contribution in [0.15, 0.2) is 18.2 Å². The lowest BCUT2D eigenvalue weighted by Gasteiger charge is -2.36. The van der Waals surface area contributed by atoms with Crippen LogP contribution in [0.1, 0.15) is 25.8 Å². The molecule has 20 heavy (non-hydrogen) atoms. The molecule has 4 heteroatoms. The van der Waals surface area contributed by atoms with E-state index in [9.17, 15) is 8.78 Å². The van der Waals surface area contributed by atoms with Gasteiger partial charge in [-0.2, -0.15) is 0 Å². The van der Waals surface area contributed by atoms with Gasteiger partial charge in [-0.05, 0) is 30.0 Å².